The quantitative estimate of drug-likeness (QED) is 0.387. The van der Waals surface area contributed by atoms with Crippen LogP contribution in [0.15, 0.2) is 71.6 Å². The van der Waals surface area contributed by atoms with Gasteiger partial charge in [0.05, 0.1) is 24.8 Å². The van der Waals surface area contributed by atoms with Gasteiger partial charge in [-0.25, -0.2) is 12.8 Å². The molecule has 0 aliphatic carbocycles. The lowest BCUT2D eigenvalue weighted by atomic mass is 10.1. The van der Waals surface area contributed by atoms with E-state index in [1.807, 2.05) is 6.92 Å². The highest BCUT2D eigenvalue weighted by molar-refractivity contribution is 7.92. The molecule has 3 aromatic carbocycles. The second kappa shape index (κ2) is 12.6. The molecule has 1 atom stereocenters. The van der Waals surface area contributed by atoms with Crippen molar-refractivity contribution < 1.29 is 31.9 Å². The van der Waals surface area contributed by atoms with E-state index in [-0.39, 0.29) is 22.9 Å². The van der Waals surface area contributed by atoms with Crippen molar-refractivity contribution in [2.75, 3.05) is 32.1 Å². The predicted molar refractivity (Wildman–Crippen MR) is 146 cm³/mol. The molecule has 2 amide bonds. The second-order valence-corrected chi connectivity index (χ2v) is 10.7. The lowest BCUT2D eigenvalue weighted by Gasteiger charge is -2.32. The van der Waals surface area contributed by atoms with Gasteiger partial charge in [0.2, 0.25) is 11.8 Å². The van der Waals surface area contributed by atoms with Crippen LogP contribution in [0.2, 0.25) is 0 Å². The number of methoxy groups -OCH3 is 2. The van der Waals surface area contributed by atoms with Crippen molar-refractivity contribution >= 4 is 27.5 Å². The Kier molecular flexibility index (Phi) is 9.52. The molecule has 0 aromatic heterocycles. The number of hydrogen-bond acceptors (Lipinski definition) is 6. The number of carbonyl (C=O) groups excluding carboxylic acids is 2. The fourth-order valence-corrected chi connectivity index (χ4v) is 5.34. The summed E-state index contributed by atoms with van der Waals surface area (Å²) < 4.78 is 53.1. The first kappa shape index (κ1) is 29.4. The van der Waals surface area contributed by atoms with Crippen LogP contribution in [0, 0.1) is 12.7 Å². The van der Waals surface area contributed by atoms with Crippen molar-refractivity contribution in [2.45, 2.75) is 31.3 Å². The first-order valence-corrected chi connectivity index (χ1v) is 13.5. The Morgan fingerprint density at radius 3 is 2.18 bits per heavy atom. The summed E-state index contributed by atoms with van der Waals surface area (Å²) in [5, 5.41) is 2.51. The molecule has 39 heavy (non-hydrogen) atoms. The lowest BCUT2D eigenvalue weighted by Crippen LogP contribution is -2.50. The topological polar surface area (TPSA) is 105 Å². The van der Waals surface area contributed by atoms with Gasteiger partial charge in [0.15, 0.2) is 0 Å². The fourth-order valence-electron chi connectivity index (χ4n) is 3.92. The average molecular weight is 558 g/mol. The van der Waals surface area contributed by atoms with Crippen LogP contribution >= 0.6 is 0 Å². The summed E-state index contributed by atoms with van der Waals surface area (Å²) in [6.45, 7) is 2.66. The van der Waals surface area contributed by atoms with E-state index >= 15 is 0 Å². The van der Waals surface area contributed by atoms with Gasteiger partial charge in [-0.15, -0.1) is 0 Å². The third-order valence-corrected chi connectivity index (χ3v) is 8.00. The summed E-state index contributed by atoms with van der Waals surface area (Å²) in [5.41, 5.74) is 1.51. The molecule has 208 valence electrons. The highest BCUT2D eigenvalue weighted by Gasteiger charge is 2.34. The maximum atomic E-state index is 14.0. The highest BCUT2D eigenvalue weighted by atomic mass is 32.2. The second-order valence-electron chi connectivity index (χ2n) is 8.80. The summed E-state index contributed by atoms with van der Waals surface area (Å²) in [7, 11) is -0.0250. The van der Waals surface area contributed by atoms with Crippen molar-refractivity contribution in [3.63, 3.8) is 0 Å². The monoisotopic (exact) mass is 557 g/mol. The Morgan fingerprint density at radius 1 is 0.974 bits per heavy atom. The number of sulfonamides is 1. The molecule has 1 N–H and O–H groups in total. The first-order valence-electron chi connectivity index (χ1n) is 12.1. The number of nitrogens with one attached hydrogen (secondary N) is 1. The minimum atomic E-state index is -4.29. The van der Waals surface area contributed by atoms with Crippen LogP contribution in [0.3, 0.4) is 0 Å². The third kappa shape index (κ3) is 6.85. The summed E-state index contributed by atoms with van der Waals surface area (Å²) in [5.74, 6) is -1.00. The lowest BCUT2D eigenvalue weighted by molar-refractivity contribution is -0.139. The number of carbonyl (C=O) groups is 2. The van der Waals surface area contributed by atoms with Gasteiger partial charge >= 0.3 is 0 Å². The zero-order valence-electron chi connectivity index (χ0n) is 22.5. The van der Waals surface area contributed by atoms with Crippen LogP contribution in [0.25, 0.3) is 0 Å². The van der Waals surface area contributed by atoms with E-state index < -0.39 is 40.2 Å². The van der Waals surface area contributed by atoms with Gasteiger partial charge in [0.1, 0.15) is 29.9 Å². The zero-order chi connectivity index (χ0) is 28.7. The molecule has 0 bridgehead atoms. The smallest absolute Gasteiger partial charge is 0.264 e. The van der Waals surface area contributed by atoms with Crippen molar-refractivity contribution in [1.82, 2.24) is 10.2 Å². The number of rotatable bonds is 11. The number of nitrogens with zero attached hydrogens (tertiary/aromatic N) is 2. The molecule has 0 fully saturated rings. The minimum absolute atomic E-state index is 0.0322. The van der Waals surface area contributed by atoms with E-state index in [1.54, 1.807) is 24.3 Å². The molecule has 0 saturated carbocycles. The van der Waals surface area contributed by atoms with E-state index in [9.17, 15) is 22.4 Å². The molecular weight excluding hydrogens is 525 g/mol. The standard InChI is InChI=1S/C28H32FN3O6S/c1-19-6-13-24(14-7-19)39(35,36)32(25-16-23(37-4)12-15-26(25)38-5)18-27(33)31(20(2)28(34)30-3)17-21-8-10-22(29)11-9-21/h6-16,20H,17-18H2,1-5H3,(H,30,34)/t20-/m0/s1. The normalized spacial score (nSPS) is 11.8. The molecule has 0 spiro atoms. The number of likely N-dealkylation sites (N-methyl/N-ethyl adjacent to an activating group) is 1. The molecule has 0 aliphatic rings. The highest BCUT2D eigenvalue weighted by Crippen LogP contribution is 2.36. The van der Waals surface area contributed by atoms with Crippen molar-refractivity contribution in [3.8, 4) is 11.5 Å². The number of aryl methyl sites for hydroxylation is 1. The van der Waals surface area contributed by atoms with E-state index in [0.29, 0.717) is 11.3 Å². The summed E-state index contributed by atoms with van der Waals surface area (Å²) >= 11 is 0. The Balaban J connectivity index is 2.12. The predicted octanol–water partition coefficient (Wildman–Crippen LogP) is 3.51. The zero-order valence-corrected chi connectivity index (χ0v) is 23.3. The van der Waals surface area contributed by atoms with Crippen molar-refractivity contribution in [2.24, 2.45) is 0 Å². The van der Waals surface area contributed by atoms with Gasteiger partial charge in [-0.1, -0.05) is 29.8 Å². The maximum absolute atomic E-state index is 14.0. The molecule has 0 aliphatic heterocycles. The van der Waals surface area contributed by atoms with Gasteiger partial charge in [-0.3, -0.25) is 13.9 Å². The van der Waals surface area contributed by atoms with E-state index in [0.717, 1.165) is 9.87 Å². The minimum Gasteiger partial charge on any atom is -0.497 e. The molecule has 0 saturated heterocycles. The van der Waals surface area contributed by atoms with Crippen LogP contribution in [-0.2, 0) is 26.2 Å². The van der Waals surface area contributed by atoms with E-state index in [1.165, 1.54) is 75.6 Å². The first-order chi connectivity index (χ1) is 18.5. The number of ether oxygens (including phenoxy) is 2. The van der Waals surface area contributed by atoms with Gasteiger partial charge in [-0.05, 0) is 55.8 Å². The third-order valence-electron chi connectivity index (χ3n) is 6.22. The number of benzene rings is 3. The summed E-state index contributed by atoms with van der Waals surface area (Å²) in [6, 6.07) is 15.4. The number of anilines is 1. The van der Waals surface area contributed by atoms with E-state index in [4.69, 9.17) is 9.47 Å². The van der Waals surface area contributed by atoms with Crippen LogP contribution in [0.5, 0.6) is 11.5 Å². The van der Waals surface area contributed by atoms with Crippen LogP contribution in [0.1, 0.15) is 18.1 Å². The molecule has 9 nitrogen and oxygen atoms in total. The van der Waals surface area contributed by atoms with Gasteiger partial charge < -0.3 is 19.7 Å². The van der Waals surface area contributed by atoms with Crippen molar-refractivity contribution in [1.29, 1.82) is 0 Å². The molecule has 0 radical (unpaired) electrons. The van der Waals surface area contributed by atoms with Gasteiger partial charge in [0, 0.05) is 19.7 Å². The van der Waals surface area contributed by atoms with E-state index in [2.05, 4.69) is 5.32 Å². The van der Waals surface area contributed by atoms with Gasteiger partial charge in [0.25, 0.3) is 10.0 Å². The SMILES string of the molecule is CNC(=O)[C@H](C)N(Cc1ccc(F)cc1)C(=O)CN(c1cc(OC)ccc1OC)S(=O)(=O)c1ccc(C)cc1. The van der Waals surface area contributed by atoms with Gasteiger partial charge in [-0.2, -0.15) is 0 Å². The Labute approximate surface area is 228 Å². The number of halogens is 1. The molecular formula is C28H32FN3O6S. The van der Waals surface area contributed by atoms with Crippen LogP contribution in [-0.4, -0.2) is 59.0 Å². The molecule has 3 rings (SSSR count). The molecule has 0 heterocycles. The molecule has 11 heteroatoms. The summed E-state index contributed by atoms with van der Waals surface area (Å²) in [4.78, 5) is 27.6. The molecule has 3 aromatic rings. The summed E-state index contributed by atoms with van der Waals surface area (Å²) in [6.07, 6.45) is 0. The Bertz CT molecular complexity index is 1410. The van der Waals surface area contributed by atoms with Crippen LogP contribution < -0.4 is 19.1 Å². The molecule has 0 unspecified atom stereocenters. The Morgan fingerprint density at radius 2 is 1.62 bits per heavy atom. The fraction of sp³-hybridized carbons (Fsp3) is 0.286. The number of amides is 2. The van der Waals surface area contributed by atoms with Crippen LogP contribution in [0.4, 0.5) is 10.1 Å². The largest absolute Gasteiger partial charge is 0.497 e. The number of hydrogen-bond donors (Lipinski definition) is 1. The maximum Gasteiger partial charge on any atom is 0.264 e. The average Bonchev–Trinajstić information content (AvgIpc) is 2.94. The van der Waals surface area contributed by atoms with Crippen molar-refractivity contribution in [3.05, 3.63) is 83.7 Å². The Hall–Kier alpha value is -4.12.